The highest BCUT2D eigenvalue weighted by molar-refractivity contribution is 9.10. The summed E-state index contributed by atoms with van der Waals surface area (Å²) in [4.78, 5) is 35.3. The highest BCUT2D eigenvalue weighted by atomic mass is 79.9. The molecule has 0 radical (unpaired) electrons. The summed E-state index contributed by atoms with van der Waals surface area (Å²) in [5, 5.41) is 7.95. The molecule has 130 valence electrons. The highest BCUT2D eigenvalue weighted by Crippen LogP contribution is 2.30. The molecule has 7 nitrogen and oxygen atoms in total. The number of carbonyl (C=O) groups excluding carboxylic acids is 3. The van der Waals surface area contributed by atoms with Crippen molar-refractivity contribution in [3.8, 4) is 0 Å². The van der Waals surface area contributed by atoms with Crippen LogP contribution >= 0.6 is 15.9 Å². The molecule has 0 bridgehead atoms. The first kappa shape index (κ1) is 17.2. The molecule has 1 aromatic heterocycles. The Kier molecular flexibility index (Phi) is 5.18. The number of halogens is 1. The summed E-state index contributed by atoms with van der Waals surface area (Å²) < 4.78 is 5.54. The third-order valence-electron chi connectivity index (χ3n) is 3.59. The monoisotopic (exact) mass is 405 g/mol. The van der Waals surface area contributed by atoms with Crippen LogP contribution in [0.3, 0.4) is 0 Å². The van der Waals surface area contributed by atoms with E-state index < -0.39 is 5.91 Å². The molecule has 8 heteroatoms. The number of hydrogen-bond donors (Lipinski definition) is 3. The molecule has 1 aliphatic carbocycles. The van der Waals surface area contributed by atoms with Crippen LogP contribution in [0.5, 0.6) is 0 Å². The van der Waals surface area contributed by atoms with Gasteiger partial charge in [0.2, 0.25) is 11.8 Å². The number of furan rings is 1. The summed E-state index contributed by atoms with van der Waals surface area (Å²) >= 11 is 3.10. The largest absolute Gasteiger partial charge is 0.444 e. The highest BCUT2D eigenvalue weighted by Gasteiger charge is 2.29. The number of nitrogens with one attached hydrogen (secondary N) is 3. The minimum absolute atomic E-state index is 0.0315. The standard InChI is InChI=1S/C17H16BrN3O4/c18-14-8-7-13(25-14)17(24)19-9-15(22)20-11-3-5-12(6-4-11)21-16(23)10-1-2-10/h3-8,10H,1-2,9H2,(H,19,24)(H,20,22)(H,21,23). The second-order valence-corrected chi connectivity index (χ2v) is 6.46. The topological polar surface area (TPSA) is 100 Å². The summed E-state index contributed by atoms with van der Waals surface area (Å²) in [6.07, 6.45) is 1.89. The minimum Gasteiger partial charge on any atom is -0.444 e. The van der Waals surface area contributed by atoms with Crippen LogP contribution in [-0.4, -0.2) is 24.3 Å². The van der Waals surface area contributed by atoms with Crippen molar-refractivity contribution in [3.63, 3.8) is 0 Å². The summed E-state index contributed by atoms with van der Waals surface area (Å²) in [6.45, 7) is -0.183. The molecule has 1 aromatic carbocycles. The number of hydrogen-bond acceptors (Lipinski definition) is 4. The normalized spacial score (nSPS) is 13.2. The molecular formula is C17H16BrN3O4. The van der Waals surface area contributed by atoms with E-state index >= 15 is 0 Å². The van der Waals surface area contributed by atoms with E-state index in [-0.39, 0.29) is 30.0 Å². The number of carbonyl (C=O) groups is 3. The Morgan fingerprint density at radius 1 is 1.00 bits per heavy atom. The molecule has 3 amide bonds. The van der Waals surface area contributed by atoms with Crippen LogP contribution in [0.25, 0.3) is 0 Å². The van der Waals surface area contributed by atoms with E-state index in [0.29, 0.717) is 16.0 Å². The number of amides is 3. The van der Waals surface area contributed by atoms with Crippen LogP contribution in [0.4, 0.5) is 11.4 Å². The molecule has 1 fully saturated rings. The maximum Gasteiger partial charge on any atom is 0.287 e. The molecular weight excluding hydrogens is 390 g/mol. The molecule has 0 atom stereocenters. The van der Waals surface area contributed by atoms with Crippen molar-refractivity contribution in [2.24, 2.45) is 5.92 Å². The van der Waals surface area contributed by atoms with Crippen molar-refractivity contribution < 1.29 is 18.8 Å². The van der Waals surface area contributed by atoms with E-state index in [1.165, 1.54) is 6.07 Å². The molecule has 1 heterocycles. The molecule has 1 saturated carbocycles. The predicted molar refractivity (Wildman–Crippen MR) is 95.2 cm³/mol. The van der Waals surface area contributed by atoms with E-state index in [1.54, 1.807) is 30.3 Å². The van der Waals surface area contributed by atoms with Crippen LogP contribution in [0.2, 0.25) is 0 Å². The van der Waals surface area contributed by atoms with Crippen LogP contribution in [0.15, 0.2) is 45.5 Å². The van der Waals surface area contributed by atoms with Crippen LogP contribution in [-0.2, 0) is 9.59 Å². The van der Waals surface area contributed by atoms with Gasteiger partial charge < -0.3 is 20.4 Å². The van der Waals surface area contributed by atoms with Crippen molar-refractivity contribution in [2.75, 3.05) is 17.2 Å². The lowest BCUT2D eigenvalue weighted by Crippen LogP contribution is -2.32. The van der Waals surface area contributed by atoms with Gasteiger partial charge in [-0.2, -0.15) is 0 Å². The van der Waals surface area contributed by atoms with Crippen molar-refractivity contribution in [1.82, 2.24) is 5.32 Å². The van der Waals surface area contributed by atoms with E-state index in [2.05, 4.69) is 31.9 Å². The number of anilines is 2. The molecule has 3 N–H and O–H groups in total. The number of rotatable bonds is 6. The van der Waals surface area contributed by atoms with E-state index in [0.717, 1.165) is 12.8 Å². The fourth-order valence-electron chi connectivity index (χ4n) is 2.12. The fourth-order valence-corrected chi connectivity index (χ4v) is 2.42. The Hall–Kier alpha value is -2.61. The SMILES string of the molecule is O=C(CNC(=O)c1ccc(Br)o1)Nc1ccc(NC(=O)C2CC2)cc1. The predicted octanol–water partition coefficient (Wildman–Crippen LogP) is 2.76. The maximum atomic E-state index is 11.9. The Balaban J connectivity index is 1.45. The first-order chi connectivity index (χ1) is 12.0. The zero-order valence-corrected chi connectivity index (χ0v) is 14.8. The lowest BCUT2D eigenvalue weighted by Gasteiger charge is -2.08. The molecule has 0 spiro atoms. The smallest absolute Gasteiger partial charge is 0.287 e. The van der Waals surface area contributed by atoms with Gasteiger partial charge in [-0.15, -0.1) is 0 Å². The molecule has 3 rings (SSSR count). The van der Waals surface area contributed by atoms with Crippen molar-refractivity contribution in [3.05, 3.63) is 46.8 Å². The Labute approximate surface area is 152 Å². The van der Waals surface area contributed by atoms with E-state index in [1.807, 2.05) is 0 Å². The molecule has 0 aliphatic heterocycles. The van der Waals surface area contributed by atoms with Gasteiger partial charge in [0.15, 0.2) is 10.4 Å². The number of benzene rings is 1. The van der Waals surface area contributed by atoms with Gasteiger partial charge in [0, 0.05) is 17.3 Å². The summed E-state index contributed by atoms with van der Waals surface area (Å²) in [6, 6.07) is 9.91. The van der Waals surface area contributed by atoms with Gasteiger partial charge in [0.25, 0.3) is 5.91 Å². The molecule has 1 aliphatic rings. The quantitative estimate of drug-likeness (QED) is 0.687. The average Bonchev–Trinajstić information content (AvgIpc) is 3.36. The van der Waals surface area contributed by atoms with Gasteiger partial charge in [-0.05, 0) is 65.2 Å². The van der Waals surface area contributed by atoms with Gasteiger partial charge in [0.05, 0.1) is 6.54 Å². The average molecular weight is 406 g/mol. The van der Waals surface area contributed by atoms with Gasteiger partial charge in [-0.25, -0.2) is 0 Å². The van der Waals surface area contributed by atoms with E-state index in [9.17, 15) is 14.4 Å². The van der Waals surface area contributed by atoms with Crippen molar-refractivity contribution >= 4 is 45.0 Å². The first-order valence-corrected chi connectivity index (χ1v) is 8.55. The summed E-state index contributed by atoms with van der Waals surface area (Å²) in [7, 11) is 0. The second kappa shape index (κ2) is 7.52. The summed E-state index contributed by atoms with van der Waals surface area (Å²) in [5.74, 6) is -0.551. The first-order valence-electron chi connectivity index (χ1n) is 7.75. The lowest BCUT2D eigenvalue weighted by molar-refractivity contribution is -0.117. The van der Waals surface area contributed by atoms with Gasteiger partial charge in [0.1, 0.15) is 0 Å². The zero-order chi connectivity index (χ0) is 17.8. The van der Waals surface area contributed by atoms with Gasteiger partial charge in [-0.3, -0.25) is 14.4 Å². The molecule has 0 unspecified atom stereocenters. The Bertz CT molecular complexity index is 796. The fraction of sp³-hybridized carbons (Fsp3) is 0.235. The third kappa shape index (κ3) is 4.93. The second-order valence-electron chi connectivity index (χ2n) is 5.68. The van der Waals surface area contributed by atoms with Crippen molar-refractivity contribution in [1.29, 1.82) is 0 Å². The minimum atomic E-state index is -0.473. The van der Waals surface area contributed by atoms with Crippen molar-refractivity contribution in [2.45, 2.75) is 12.8 Å². The van der Waals surface area contributed by atoms with Crippen LogP contribution < -0.4 is 16.0 Å². The van der Waals surface area contributed by atoms with Gasteiger partial charge in [-0.1, -0.05) is 0 Å². The third-order valence-corrected chi connectivity index (χ3v) is 4.02. The molecule has 2 aromatic rings. The summed E-state index contributed by atoms with van der Waals surface area (Å²) in [5.41, 5.74) is 1.26. The zero-order valence-electron chi connectivity index (χ0n) is 13.2. The van der Waals surface area contributed by atoms with Crippen LogP contribution in [0, 0.1) is 5.92 Å². The van der Waals surface area contributed by atoms with E-state index in [4.69, 9.17) is 4.42 Å². The Morgan fingerprint density at radius 2 is 1.64 bits per heavy atom. The van der Waals surface area contributed by atoms with Gasteiger partial charge >= 0.3 is 0 Å². The molecule has 25 heavy (non-hydrogen) atoms. The molecule has 0 saturated heterocycles. The lowest BCUT2D eigenvalue weighted by atomic mass is 10.2. The van der Waals surface area contributed by atoms with Crippen LogP contribution in [0.1, 0.15) is 23.4 Å². The Morgan fingerprint density at radius 3 is 2.20 bits per heavy atom. The maximum absolute atomic E-state index is 11.9.